The van der Waals surface area contributed by atoms with Crippen molar-refractivity contribution in [1.82, 2.24) is 19.8 Å². The van der Waals surface area contributed by atoms with E-state index in [1.165, 1.54) is 0 Å². The number of aromatic nitrogens is 4. The number of rotatable bonds is 6. The van der Waals surface area contributed by atoms with Gasteiger partial charge in [0.1, 0.15) is 24.8 Å². The van der Waals surface area contributed by atoms with Crippen molar-refractivity contribution in [3.05, 3.63) is 36.4 Å². The first-order valence-electron chi connectivity index (χ1n) is 11.5. The van der Waals surface area contributed by atoms with Crippen molar-refractivity contribution >= 4 is 11.8 Å². The summed E-state index contributed by atoms with van der Waals surface area (Å²) in [6.07, 6.45) is 11.7. The summed E-state index contributed by atoms with van der Waals surface area (Å²) in [7, 11) is 7.54. The summed E-state index contributed by atoms with van der Waals surface area (Å²) in [5.74, 6) is 1.81. The lowest BCUT2D eigenvalue weighted by atomic mass is 9.67. The molecule has 0 spiro atoms. The summed E-state index contributed by atoms with van der Waals surface area (Å²) in [5, 5.41) is 6.57. The van der Waals surface area contributed by atoms with Gasteiger partial charge in [0.2, 0.25) is 0 Å². The number of carbonyl (C=O) groups is 2. The molecule has 1 fully saturated rings. The second kappa shape index (κ2) is 8.71. The third kappa shape index (κ3) is 4.74. The largest absolute Gasteiger partial charge is 0.347 e. The molecule has 0 bridgehead atoms. The third-order valence-corrected chi connectivity index (χ3v) is 7.36. The normalized spacial score (nSPS) is 19.6. The first-order valence-corrected chi connectivity index (χ1v) is 11.5. The highest BCUT2D eigenvalue weighted by Crippen LogP contribution is 2.40. The van der Waals surface area contributed by atoms with Gasteiger partial charge >= 0.3 is 23.5 Å². The quantitative estimate of drug-likeness (QED) is 0.663. The Morgan fingerprint density at radius 3 is 1.53 bits per heavy atom. The second-order valence-corrected chi connectivity index (χ2v) is 10.6. The minimum Gasteiger partial charge on any atom is -0.340 e. The first-order chi connectivity index (χ1) is 14.8. The van der Waals surface area contributed by atoms with Crippen LogP contribution < -0.4 is 19.8 Å². The number of nitrogens with one attached hydrogen (secondary N) is 2. The number of aryl methyl sites for hydroxylation is 4. The van der Waals surface area contributed by atoms with E-state index in [9.17, 15) is 9.59 Å². The summed E-state index contributed by atoms with van der Waals surface area (Å²) in [6, 6.07) is 0. The highest BCUT2D eigenvalue weighted by molar-refractivity contribution is 5.90. The maximum Gasteiger partial charge on any atom is 0.347 e. The molecule has 1 aliphatic carbocycles. The van der Waals surface area contributed by atoms with Gasteiger partial charge in [-0.3, -0.25) is 9.59 Å². The molecule has 176 valence electrons. The molecule has 2 aromatic heterocycles. The van der Waals surface area contributed by atoms with Crippen molar-refractivity contribution in [2.75, 3.05) is 0 Å². The van der Waals surface area contributed by atoms with Crippen molar-refractivity contribution < 1.29 is 18.7 Å². The van der Waals surface area contributed by atoms with Gasteiger partial charge in [0.15, 0.2) is 0 Å². The maximum absolute atomic E-state index is 13.0. The van der Waals surface area contributed by atoms with Crippen molar-refractivity contribution in [3.8, 4) is 0 Å². The van der Waals surface area contributed by atoms with Gasteiger partial charge in [-0.15, -0.1) is 0 Å². The number of amides is 2. The molecule has 32 heavy (non-hydrogen) atoms. The molecule has 8 heteroatoms. The van der Waals surface area contributed by atoms with Crippen LogP contribution in [0.1, 0.15) is 74.6 Å². The highest BCUT2D eigenvalue weighted by Gasteiger charge is 2.42. The van der Waals surface area contributed by atoms with Gasteiger partial charge in [-0.25, -0.2) is 18.3 Å². The minimum atomic E-state index is -0.350. The summed E-state index contributed by atoms with van der Waals surface area (Å²) in [4.78, 5) is 26.0. The molecule has 0 radical (unpaired) electrons. The lowest BCUT2D eigenvalue weighted by Gasteiger charge is -2.45. The minimum absolute atomic E-state index is 0.0594. The van der Waals surface area contributed by atoms with Crippen molar-refractivity contribution in [1.29, 1.82) is 0 Å². The fourth-order valence-corrected chi connectivity index (χ4v) is 5.22. The van der Waals surface area contributed by atoms with Crippen LogP contribution in [0.4, 0.5) is 0 Å². The van der Waals surface area contributed by atoms with E-state index in [-0.39, 0.29) is 22.9 Å². The number of hydrogen-bond donors (Lipinski definition) is 2. The monoisotopic (exact) mass is 444 g/mol. The van der Waals surface area contributed by atoms with Crippen LogP contribution in [-0.2, 0) is 28.2 Å². The van der Waals surface area contributed by atoms with Crippen molar-refractivity contribution in [2.45, 2.75) is 64.5 Å². The van der Waals surface area contributed by atoms with E-state index in [0.717, 1.165) is 25.7 Å². The smallest absolute Gasteiger partial charge is 0.340 e. The van der Waals surface area contributed by atoms with Crippen molar-refractivity contribution in [3.63, 3.8) is 0 Å². The molecule has 8 nitrogen and oxygen atoms in total. The Morgan fingerprint density at radius 2 is 1.22 bits per heavy atom. The summed E-state index contributed by atoms with van der Waals surface area (Å²) >= 11 is 0. The molecule has 0 aliphatic heterocycles. The molecule has 1 saturated carbocycles. The topological polar surface area (TPSA) is 75.8 Å². The molecule has 2 heterocycles. The molecular formula is C24H40N6O2+2. The zero-order valence-electron chi connectivity index (χ0n) is 20.9. The molecule has 2 amide bonds. The Hall–Kier alpha value is -2.64. The van der Waals surface area contributed by atoms with Gasteiger partial charge in [0.25, 0.3) is 0 Å². The second-order valence-electron chi connectivity index (χ2n) is 10.6. The maximum atomic E-state index is 13.0. The van der Waals surface area contributed by atoms with Crippen LogP contribution in [0.25, 0.3) is 0 Å². The summed E-state index contributed by atoms with van der Waals surface area (Å²) in [5.41, 5.74) is -0.699. The van der Waals surface area contributed by atoms with Gasteiger partial charge in [0, 0.05) is 11.1 Å². The van der Waals surface area contributed by atoms with Crippen LogP contribution in [0.5, 0.6) is 0 Å². The third-order valence-electron chi connectivity index (χ3n) is 7.36. The number of imidazole rings is 2. The van der Waals surface area contributed by atoms with E-state index in [2.05, 4.69) is 38.3 Å². The fraction of sp³-hybridized carbons (Fsp3) is 0.667. The van der Waals surface area contributed by atoms with Crippen molar-refractivity contribution in [2.24, 2.45) is 40.0 Å². The lowest BCUT2D eigenvalue weighted by Crippen LogP contribution is -2.56. The molecule has 2 aromatic rings. The summed E-state index contributed by atoms with van der Waals surface area (Å²) < 4.78 is 7.38. The molecule has 3 rings (SSSR count). The molecule has 0 aromatic carbocycles. The van der Waals surface area contributed by atoms with Crippen LogP contribution in [0.3, 0.4) is 0 Å². The van der Waals surface area contributed by atoms with E-state index < -0.39 is 0 Å². The molecule has 2 N–H and O–H groups in total. The Kier molecular flexibility index (Phi) is 6.54. The van der Waals surface area contributed by atoms with Crippen LogP contribution in [0, 0.1) is 11.8 Å². The average Bonchev–Trinajstić information content (AvgIpc) is 3.21. The SMILES string of the molecule is Cn1cc[n+](C)c1C(=O)NC(C)(C)C1CCCC(C(C)(C)NC(=O)c2n(C)cc[n+]2C)C1. The van der Waals surface area contributed by atoms with Crippen LogP contribution in [-0.4, -0.2) is 32.0 Å². The van der Waals surface area contributed by atoms with Gasteiger partial charge in [-0.2, -0.15) is 0 Å². The molecule has 2 unspecified atom stereocenters. The standard InChI is InChI=1S/C24H38N6O2/c1-23(2,25-19(31)21-27(5)12-13-28(21)6)17-10-9-11-18(16-17)24(3,4)26-20(32)22-29(7)14-15-30(22)8/h12-15,17-18H,9-11,16H2,1-8H3/p+2. The van der Waals surface area contributed by atoms with Gasteiger partial charge in [-0.05, 0) is 58.8 Å². The number of carbonyl (C=O) groups excluding carboxylic acids is 2. The Labute approximate surface area is 191 Å². The van der Waals surface area contributed by atoms with E-state index in [1.807, 2.05) is 71.2 Å². The summed E-state index contributed by atoms with van der Waals surface area (Å²) in [6.45, 7) is 8.49. The molecule has 1 aliphatic rings. The van der Waals surface area contributed by atoms with Gasteiger partial charge in [-0.1, -0.05) is 6.42 Å². The molecule has 0 saturated heterocycles. The Bertz CT molecular complexity index is 883. The van der Waals surface area contributed by atoms with Crippen LogP contribution >= 0.6 is 0 Å². The molecule has 2 atom stereocenters. The Morgan fingerprint density at radius 1 is 0.844 bits per heavy atom. The molecular weight excluding hydrogens is 404 g/mol. The highest BCUT2D eigenvalue weighted by atomic mass is 16.2. The zero-order valence-corrected chi connectivity index (χ0v) is 20.9. The Balaban J connectivity index is 1.70. The van der Waals surface area contributed by atoms with E-state index in [4.69, 9.17) is 0 Å². The number of nitrogens with zero attached hydrogens (tertiary/aromatic N) is 4. The first kappa shape index (κ1) is 24.0. The van der Waals surface area contributed by atoms with Gasteiger partial charge < -0.3 is 10.6 Å². The van der Waals surface area contributed by atoms with E-state index >= 15 is 0 Å². The van der Waals surface area contributed by atoms with Gasteiger partial charge in [0.05, 0.1) is 28.2 Å². The van der Waals surface area contributed by atoms with Crippen LogP contribution in [0.2, 0.25) is 0 Å². The zero-order chi connectivity index (χ0) is 23.8. The van der Waals surface area contributed by atoms with E-state index in [0.29, 0.717) is 23.5 Å². The average molecular weight is 445 g/mol. The van der Waals surface area contributed by atoms with E-state index in [1.54, 1.807) is 0 Å². The predicted octanol–water partition coefficient (Wildman–Crippen LogP) is 1.54. The lowest BCUT2D eigenvalue weighted by molar-refractivity contribution is -0.673. The number of hydrogen-bond acceptors (Lipinski definition) is 2. The predicted molar refractivity (Wildman–Crippen MR) is 122 cm³/mol. The fourth-order valence-electron chi connectivity index (χ4n) is 5.22. The van der Waals surface area contributed by atoms with Crippen LogP contribution in [0.15, 0.2) is 24.8 Å².